The fourth-order valence-corrected chi connectivity index (χ4v) is 2.55. The smallest absolute Gasteiger partial charge is 0.270 e. The number of aliphatic hydroxyl groups is 1. The van der Waals surface area contributed by atoms with Crippen molar-refractivity contribution in [3.8, 4) is 11.4 Å². The number of rotatable bonds is 3. The Morgan fingerprint density at radius 3 is 2.86 bits per heavy atom. The van der Waals surface area contributed by atoms with Crippen molar-refractivity contribution < 1.29 is 10.0 Å². The first-order chi connectivity index (χ1) is 10.5. The van der Waals surface area contributed by atoms with Crippen LogP contribution in [-0.4, -0.2) is 39.2 Å². The number of β-amino-alcohol motifs (C(OH)–C–C–N with tert-alkyl or cyclic N) is 1. The van der Waals surface area contributed by atoms with E-state index in [1.807, 2.05) is 17.9 Å². The number of hydrogen-bond acceptors (Lipinski definition) is 6. The molecule has 1 aromatic carbocycles. The highest BCUT2D eigenvalue weighted by Gasteiger charge is 2.22. The van der Waals surface area contributed by atoms with Crippen LogP contribution in [0.5, 0.6) is 0 Å². The maximum atomic E-state index is 10.9. The van der Waals surface area contributed by atoms with Crippen LogP contribution >= 0.6 is 0 Å². The monoisotopic (exact) mass is 300 g/mol. The third kappa shape index (κ3) is 2.89. The lowest BCUT2D eigenvalue weighted by Crippen LogP contribution is -2.22. The summed E-state index contributed by atoms with van der Waals surface area (Å²) in [6, 6.07) is 8.15. The Labute approximate surface area is 127 Å². The zero-order chi connectivity index (χ0) is 15.7. The molecule has 2 heterocycles. The van der Waals surface area contributed by atoms with E-state index in [9.17, 15) is 15.2 Å². The molecule has 7 heteroatoms. The number of nitrogens with zero attached hydrogens (tertiary/aromatic N) is 4. The van der Waals surface area contributed by atoms with Crippen molar-refractivity contribution in [2.75, 3.05) is 18.0 Å². The van der Waals surface area contributed by atoms with Gasteiger partial charge in [-0.15, -0.1) is 0 Å². The van der Waals surface area contributed by atoms with Crippen molar-refractivity contribution in [1.82, 2.24) is 9.97 Å². The van der Waals surface area contributed by atoms with Gasteiger partial charge in [0.2, 0.25) is 0 Å². The summed E-state index contributed by atoms with van der Waals surface area (Å²) in [5.74, 6) is 1.20. The standard InChI is InChI=1S/C15H16N4O3/c1-10-7-14(18-6-5-13(20)9-18)17-15(16-10)11-3-2-4-12(8-11)19(21)22/h2-4,7-8,13,20H,5-6,9H2,1H3/t13-/m0/s1. The lowest BCUT2D eigenvalue weighted by atomic mass is 10.2. The van der Waals surface area contributed by atoms with Crippen LogP contribution in [0.1, 0.15) is 12.1 Å². The summed E-state index contributed by atoms with van der Waals surface area (Å²) >= 11 is 0. The average Bonchev–Trinajstić information content (AvgIpc) is 2.93. The molecular formula is C15H16N4O3. The lowest BCUT2D eigenvalue weighted by molar-refractivity contribution is -0.384. The summed E-state index contributed by atoms with van der Waals surface area (Å²) in [4.78, 5) is 21.3. The Kier molecular flexibility index (Phi) is 3.72. The molecule has 1 aromatic heterocycles. The van der Waals surface area contributed by atoms with Gasteiger partial charge in [-0.25, -0.2) is 9.97 Å². The number of hydrogen-bond donors (Lipinski definition) is 1. The fourth-order valence-electron chi connectivity index (χ4n) is 2.55. The molecule has 7 nitrogen and oxygen atoms in total. The van der Waals surface area contributed by atoms with Crippen LogP contribution in [0.4, 0.5) is 11.5 Å². The zero-order valence-corrected chi connectivity index (χ0v) is 12.1. The minimum Gasteiger partial charge on any atom is -0.391 e. The molecule has 0 spiro atoms. The molecule has 0 amide bonds. The molecule has 3 rings (SSSR count). The van der Waals surface area contributed by atoms with Gasteiger partial charge in [-0.05, 0) is 13.3 Å². The number of non-ortho nitro benzene ring substituents is 1. The molecule has 1 atom stereocenters. The molecule has 114 valence electrons. The summed E-state index contributed by atoms with van der Waals surface area (Å²) < 4.78 is 0. The number of benzene rings is 1. The topological polar surface area (TPSA) is 92.4 Å². The molecule has 1 saturated heterocycles. The molecular weight excluding hydrogens is 284 g/mol. The first-order valence-electron chi connectivity index (χ1n) is 7.06. The Bertz CT molecular complexity index is 720. The summed E-state index contributed by atoms with van der Waals surface area (Å²) in [6.45, 7) is 3.15. The first-order valence-corrected chi connectivity index (χ1v) is 7.06. The second-order valence-corrected chi connectivity index (χ2v) is 5.39. The van der Waals surface area contributed by atoms with Gasteiger partial charge in [-0.3, -0.25) is 10.1 Å². The van der Waals surface area contributed by atoms with Gasteiger partial charge in [-0.2, -0.15) is 0 Å². The van der Waals surface area contributed by atoms with Crippen molar-refractivity contribution >= 4 is 11.5 Å². The van der Waals surface area contributed by atoms with Crippen molar-refractivity contribution in [3.05, 3.63) is 46.1 Å². The molecule has 0 aliphatic carbocycles. The van der Waals surface area contributed by atoms with Crippen molar-refractivity contribution in [2.24, 2.45) is 0 Å². The molecule has 0 unspecified atom stereocenters. The highest BCUT2D eigenvalue weighted by molar-refractivity contribution is 5.61. The van der Waals surface area contributed by atoms with Crippen molar-refractivity contribution in [2.45, 2.75) is 19.4 Å². The minimum atomic E-state index is -0.433. The predicted molar refractivity (Wildman–Crippen MR) is 81.7 cm³/mol. The van der Waals surface area contributed by atoms with Gasteiger partial charge in [0.1, 0.15) is 5.82 Å². The van der Waals surface area contributed by atoms with E-state index >= 15 is 0 Å². The molecule has 0 bridgehead atoms. The number of aliphatic hydroxyl groups excluding tert-OH is 1. The highest BCUT2D eigenvalue weighted by atomic mass is 16.6. The number of aromatic nitrogens is 2. The third-order valence-electron chi connectivity index (χ3n) is 3.64. The quantitative estimate of drug-likeness (QED) is 0.688. The van der Waals surface area contributed by atoms with Crippen LogP contribution in [-0.2, 0) is 0 Å². The second kappa shape index (κ2) is 5.69. The van der Waals surface area contributed by atoms with Crippen LogP contribution in [0.25, 0.3) is 11.4 Å². The van der Waals surface area contributed by atoms with Crippen LogP contribution in [0, 0.1) is 17.0 Å². The van der Waals surface area contributed by atoms with E-state index in [0.29, 0.717) is 17.9 Å². The Morgan fingerprint density at radius 2 is 2.18 bits per heavy atom. The second-order valence-electron chi connectivity index (χ2n) is 5.39. The zero-order valence-electron chi connectivity index (χ0n) is 12.1. The Morgan fingerprint density at radius 1 is 1.36 bits per heavy atom. The minimum absolute atomic E-state index is 0.0146. The van der Waals surface area contributed by atoms with Crippen LogP contribution < -0.4 is 4.90 Å². The van der Waals surface area contributed by atoms with Crippen LogP contribution in [0.15, 0.2) is 30.3 Å². The highest BCUT2D eigenvalue weighted by Crippen LogP contribution is 2.25. The first kappa shape index (κ1) is 14.4. The van der Waals surface area contributed by atoms with Gasteiger partial charge in [-0.1, -0.05) is 12.1 Å². The summed E-state index contributed by atoms with van der Waals surface area (Å²) in [5.41, 5.74) is 1.41. The normalized spacial score (nSPS) is 17.7. The molecule has 2 aromatic rings. The Hall–Kier alpha value is -2.54. The fraction of sp³-hybridized carbons (Fsp3) is 0.333. The van der Waals surface area contributed by atoms with Crippen LogP contribution in [0.2, 0.25) is 0 Å². The van der Waals surface area contributed by atoms with E-state index in [2.05, 4.69) is 9.97 Å². The molecule has 1 N–H and O–H groups in total. The molecule has 22 heavy (non-hydrogen) atoms. The molecule has 1 aliphatic heterocycles. The van der Waals surface area contributed by atoms with E-state index in [0.717, 1.165) is 24.5 Å². The van der Waals surface area contributed by atoms with E-state index in [1.54, 1.807) is 12.1 Å². The Balaban J connectivity index is 1.99. The average molecular weight is 300 g/mol. The molecule has 0 saturated carbocycles. The van der Waals surface area contributed by atoms with Gasteiger partial charge in [0, 0.05) is 42.5 Å². The summed E-state index contributed by atoms with van der Waals surface area (Å²) in [6.07, 6.45) is 0.381. The number of aryl methyl sites for hydroxylation is 1. The molecule has 1 fully saturated rings. The maximum Gasteiger partial charge on any atom is 0.270 e. The third-order valence-corrected chi connectivity index (χ3v) is 3.64. The number of nitro groups is 1. The van der Waals surface area contributed by atoms with E-state index in [1.165, 1.54) is 12.1 Å². The van der Waals surface area contributed by atoms with Gasteiger partial charge >= 0.3 is 0 Å². The van der Waals surface area contributed by atoms with Crippen molar-refractivity contribution in [1.29, 1.82) is 0 Å². The van der Waals surface area contributed by atoms with Gasteiger partial charge in [0.15, 0.2) is 5.82 Å². The van der Waals surface area contributed by atoms with Crippen LogP contribution in [0.3, 0.4) is 0 Å². The largest absolute Gasteiger partial charge is 0.391 e. The van der Waals surface area contributed by atoms with Gasteiger partial charge in [0.25, 0.3) is 5.69 Å². The van der Waals surface area contributed by atoms with Crippen molar-refractivity contribution in [3.63, 3.8) is 0 Å². The maximum absolute atomic E-state index is 10.9. The SMILES string of the molecule is Cc1cc(N2CC[C@H](O)C2)nc(-c2cccc([N+](=O)[O-])c2)n1. The number of anilines is 1. The predicted octanol–water partition coefficient (Wildman–Crippen LogP) is 1.93. The van der Waals surface area contributed by atoms with Gasteiger partial charge < -0.3 is 10.0 Å². The van der Waals surface area contributed by atoms with E-state index in [4.69, 9.17) is 0 Å². The molecule has 0 radical (unpaired) electrons. The van der Waals surface area contributed by atoms with Gasteiger partial charge in [0.05, 0.1) is 11.0 Å². The van der Waals surface area contributed by atoms with E-state index < -0.39 is 4.92 Å². The van der Waals surface area contributed by atoms with E-state index in [-0.39, 0.29) is 11.8 Å². The summed E-state index contributed by atoms with van der Waals surface area (Å²) in [5, 5.41) is 20.5. The molecule has 1 aliphatic rings. The lowest BCUT2D eigenvalue weighted by Gasteiger charge is -2.17. The number of nitro benzene ring substituents is 1. The summed E-state index contributed by atoms with van der Waals surface area (Å²) in [7, 11) is 0.